The fraction of sp³-hybridized carbons (Fsp3) is 0.889. The smallest absolute Gasteiger partial charge is 0.303 e. The highest BCUT2D eigenvalue weighted by Gasteiger charge is 2.45. The third-order valence-electron chi connectivity index (χ3n) is 2.42. The molecule has 20 heavy (non-hydrogen) atoms. The minimum Gasteiger partial charge on any atom is -0.459 e. The molecule has 1 aliphatic rings. The molecule has 4 atom stereocenters. The van der Waals surface area contributed by atoms with Gasteiger partial charge in [-0.2, -0.15) is 8.42 Å². The number of ether oxygens (including phenoxy) is 3. The molecule has 0 aliphatic carbocycles. The maximum absolute atomic E-state index is 11.3. The van der Waals surface area contributed by atoms with Crippen molar-refractivity contribution in [3.63, 3.8) is 0 Å². The third-order valence-corrected chi connectivity index (χ3v) is 2.99. The summed E-state index contributed by atoms with van der Waals surface area (Å²) in [6.07, 6.45) is -2.62. The van der Waals surface area contributed by atoms with Gasteiger partial charge in [0.05, 0.1) is 12.9 Å². The second kappa shape index (κ2) is 6.86. The first-order valence-electron chi connectivity index (χ1n) is 5.52. The van der Waals surface area contributed by atoms with Crippen molar-refractivity contribution >= 4 is 16.1 Å². The first-order valence-corrected chi connectivity index (χ1v) is 7.34. The lowest BCUT2D eigenvalue weighted by molar-refractivity contribution is -0.235. The van der Waals surface area contributed by atoms with E-state index in [1.807, 2.05) is 0 Å². The molecule has 0 radical (unpaired) electrons. The van der Waals surface area contributed by atoms with Crippen molar-refractivity contribution in [2.75, 3.05) is 20.0 Å². The Morgan fingerprint density at radius 1 is 1.45 bits per heavy atom. The van der Waals surface area contributed by atoms with E-state index in [1.165, 1.54) is 7.11 Å². The molecular formula is C9H15N3O7S. The van der Waals surface area contributed by atoms with Crippen molar-refractivity contribution in [1.29, 1.82) is 0 Å². The molecule has 0 aromatic heterocycles. The Bertz CT molecular complexity index is 502. The Morgan fingerprint density at radius 2 is 2.10 bits per heavy atom. The molecule has 11 heteroatoms. The summed E-state index contributed by atoms with van der Waals surface area (Å²) in [4.78, 5) is 13.7. The Kier molecular flexibility index (Phi) is 5.72. The lowest BCUT2D eigenvalue weighted by atomic mass is 10.0. The predicted molar refractivity (Wildman–Crippen MR) is 65.0 cm³/mol. The van der Waals surface area contributed by atoms with E-state index >= 15 is 0 Å². The summed E-state index contributed by atoms with van der Waals surface area (Å²) in [5.74, 6) is -0.674. The van der Waals surface area contributed by atoms with Crippen molar-refractivity contribution < 1.29 is 31.6 Å². The van der Waals surface area contributed by atoms with Gasteiger partial charge in [-0.05, 0) is 5.53 Å². The Morgan fingerprint density at radius 3 is 2.55 bits per heavy atom. The topological polar surface area (TPSA) is 137 Å². The molecular weight excluding hydrogens is 294 g/mol. The summed E-state index contributed by atoms with van der Waals surface area (Å²) in [5, 5.41) is 3.42. The van der Waals surface area contributed by atoms with Crippen LogP contribution in [0.25, 0.3) is 10.4 Å². The first kappa shape index (κ1) is 16.7. The maximum atomic E-state index is 11.3. The van der Waals surface area contributed by atoms with Crippen molar-refractivity contribution in [2.45, 2.75) is 31.5 Å². The van der Waals surface area contributed by atoms with Crippen LogP contribution < -0.4 is 0 Å². The third kappa shape index (κ3) is 4.62. The monoisotopic (exact) mass is 309 g/mol. The van der Waals surface area contributed by atoms with Crippen molar-refractivity contribution in [3.8, 4) is 0 Å². The van der Waals surface area contributed by atoms with Crippen molar-refractivity contribution in [3.05, 3.63) is 10.4 Å². The molecule has 1 fully saturated rings. The van der Waals surface area contributed by atoms with Gasteiger partial charge in [-0.25, -0.2) is 0 Å². The first-order chi connectivity index (χ1) is 9.28. The average Bonchev–Trinajstić information content (AvgIpc) is 2.31. The van der Waals surface area contributed by atoms with Gasteiger partial charge < -0.3 is 14.2 Å². The van der Waals surface area contributed by atoms with E-state index in [0.717, 1.165) is 13.2 Å². The van der Waals surface area contributed by atoms with Crippen LogP contribution in [0.1, 0.15) is 6.92 Å². The lowest BCUT2D eigenvalue weighted by Gasteiger charge is -2.38. The molecule has 0 N–H and O–H groups in total. The van der Waals surface area contributed by atoms with E-state index in [9.17, 15) is 13.2 Å². The van der Waals surface area contributed by atoms with E-state index < -0.39 is 40.6 Å². The van der Waals surface area contributed by atoms with Crippen LogP contribution in [0.4, 0.5) is 0 Å². The van der Waals surface area contributed by atoms with E-state index in [2.05, 4.69) is 10.0 Å². The van der Waals surface area contributed by atoms with Crippen molar-refractivity contribution in [2.24, 2.45) is 5.11 Å². The number of rotatable bonds is 5. The van der Waals surface area contributed by atoms with Gasteiger partial charge in [0.2, 0.25) is 0 Å². The standard InChI is InChI=1S/C9H15N3O7S/c1-5(13)18-7-6(11-12-10)4-17-9(16-2)8(7)19-20(3,14)15/h6-9H,4H2,1-3H3. The molecule has 0 spiro atoms. The summed E-state index contributed by atoms with van der Waals surface area (Å²) in [6, 6.07) is -0.915. The second-order valence-electron chi connectivity index (χ2n) is 4.05. The van der Waals surface area contributed by atoms with Crippen LogP contribution in [0, 0.1) is 0 Å². The lowest BCUT2D eigenvalue weighted by Crippen LogP contribution is -2.56. The molecule has 0 amide bonds. The van der Waals surface area contributed by atoms with Gasteiger partial charge in [-0.3, -0.25) is 8.98 Å². The zero-order chi connectivity index (χ0) is 15.3. The largest absolute Gasteiger partial charge is 0.459 e. The summed E-state index contributed by atoms with van der Waals surface area (Å²) < 4.78 is 42.5. The minimum absolute atomic E-state index is 0.0931. The zero-order valence-electron chi connectivity index (χ0n) is 11.1. The second-order valence-corrected chi connectivity index (χ2v) is 5.65. The van der Waals surface area contributed by atoms with E-state index in [4.69, 9.17) is 23.9 Å². The van der Waals surface area contributed by atoms with E-state index in [1.54, 1.807) is 0 Å². The molecule has 0 saturated carbocycles. The number of carbonyl (C=O) groups is 1. The number of hydrogen-bond acceptors (Lipinski definition) is 8. The Labute approximate surface area is 115 Å². The number of azide groups is 1. The van der Waals surface area contributed by atoms with Crippen LogP contribution in [0.5, 0.6) is 0 Å². The van der Waals surface area contributed by atoms with Crippen LogP contribution in [0.3, 0.4) is 0 Å². The van der Waals surface area contributed by atoms with Gasteiger partial charge in [0.1, 0.15) is 12.1 Å². The maximum Gasteiger partial charge on any atom is 0.303 e. The van der Waals surface area contributed by atoms with Crippen LogP contribution in [-0.2, 0) is 33.3 Å². The minimum atomic E-state index is -3.86. The molecule has 10 nitrogen and oxygen atoms in total. The van der Waals surface area contributed by atoms with Crippen LogP contribution in [0.15, 0.2) is 5.11 Å². The van der Waals surface area contributed by atoms with Crippen LogP contribution in [-0.4, -0.2) is 58.9 Å². The molecule has 1 aliphatic heterocycles. The number of nitrogens with zero attached hydrogens (tertiary/aromatic N) is 3. The molecule has 0 bridgehead atoms. The normalized spacial score (nSPS) is 30.4. The highest BCUT2D eigenvalue weighted by Crippen LogP contribution is 2.25. The summed E-state index contributed by atoms with van der Waals surface area (Å²) >= 11 is 0. The highest BCUT2D eigenvalue weighted by molar-refractivity contribution is 7.86. The summed E-state index contributed by atoms with van der Waals surface area (Å²) in [7, 11) is -2.58. The summed E-state index contributed by atoms with van der Waals surface area (Å²) in [5.41, 5.74) is 8.48. The van der Waals surface area contributed by atoms with E-state index in [-0.39, 0.29) is 6.61 Å². The molecule has 4 unspecified atom stereocenters. The SMILES string of the molecule is COC1OCC(N=[N+]=[N-])C(OC(C)=O)C1OS(C)(=O)=O. The number of carbonyl (C=O) groups excluding carboxylic acids is 1. The van der Waals surface area contributed by atoms with Gasteiger partial charge in [-0.1, -0.05) is 5.11 Å². The molecule has 114 valence electrons. The average molecular weight is 309 g/mol. The number of esters is 1. The Balaban J connectivity index is 3.09. The molecule has 1 heterocycles. The molecule has 0 aromatic carbocycles. The predicted octanol–water partition coefficient (Wildman–Crippen LogP) is -0.0555. The Hall–Kier alpha value is -1.39. The van der Waals surface area contributed by atoms with Crippen LogP contribution in [0.2, 0.25) is 0 Å². The quantitative estimate of drug-likeness (QED) is 0.228. The van der Waals surface area contributed by atoms with Gasteiger partial charge in [0.15, 0.2) is 12.4 Å². The summed E-state index contributed by atoms with van der Waals surface area (Å²) in [6.45, 7) is 1.05. The fourth-order valence-corrected chi connectivity index (χ4v) is 2.37. The molecule has 1 saturated heterocycles. The molecule has 0 aromatic rings. The fourth-order valence-electron chi connectivity index (χ4n) is 1.76. The van der Waals surface area contributed by atoms with Crippen molar-refractivity contribution in [1.82, 2.24) is 0 Å². The number of methoxy groups -OCH3 is 1. The van der Waals surface area contributed by atoms with Gasteiger partial charge >= 0.3 is 5.97 Å². The van der Waals surface area contributed by atoms with Gasteiger partial charge in [-0.15, -0.1) is 0 Å². The highest BCUT2D eigenvalue weighted by atomic mass is 32.2. The van der Waals surface area contributed by atoms with Gasteiger partial charge in [0, 0.05) is 18.9 Å². The van der Waals surface area contributed by atoms with E-state index in [0.29, 0.717) is 0 Å². The molecule has 1 rings (SSSR count). The zero-order valence-corrected chi connectivity index (χ0v) is 11.9. The van der Waals surface area contributed by atoms with Crippen LogP contribution >= 0.6 is 0 Å². The number of hydrogen-bond donors (Lipinski definition) is 0. The van der Waals surface area contributed by atoms with Gasteiger partial charge in [0.25, 0.3) is 10.1 Å².